The maximum atomic E-state index is 13.4. The van der Waals surface area contributed by atoms with Crippen molar-refractivity contribution in [3.05, 3.63) is 52.4 Å². The molecule has 3 aromatic rings. The number of piperidine rings is 1. The molecule has 31 heavy (non-hydrogen) atoms. The highest BCUT2D eigenvalue weighted by Crippen LogP contribution is 2.35. The highest BCUT2D eigenvalue weighted by Gasteiger charge is 2.30. The molecule has 2 atom stereocenters. The monoisotopic (exact) mass is 422 g/mol. The molecule has 0 bridgehead atoms. The van der Waals surface area contributed by atoms with Crippen LogP contribution in [0.3, 0.4) is 0 Å². The quantitative estimate of drug-likeness (QED) is 0.678. The topological polar surface area (TPSA) is 73.3 Å². The number of benzene rings is 2. The number of phenols is 1. The minimum Gasteiger partial charge on any atom is -0.507 e. The van der Waals surface area contributed by atoms with Gasteiger partial charge in [0.1, 0.15) is 37.4 Å². The summed E-state index contributed by atoms with van der Waals surface area (Å²) < 4.78 is 17.2. The molecule has 162 valence electrons. The summed E-state index contributed by atoms with van der Waals surface area (Å²) in [5.74, 6) is 1.49. The molecule has 0 aliphatic carbocycles. The van der Waals surface area contributed by atoms with Crippen LogP contribution in [0.4, 0.5) is 0 Å². The van der Waals surface area contributed by atoms with E-state index in [-0.39, 0.29) is 11.2 Å². The number of likely N-dealkylation sites (tertiary alicyclic amines) is 1. The smallest absolute Gasteiger partial charge is 0.200 e. The van der Waals surface area contributed by atoms with E-state index in [0.29, 0.717) is 65.4 Å². The average Bonchev–Trinajstić information content (AvgIpc) is 2.77. The van der Waals surface area contributed by atoms with Gasteiger partial charge in [-0.2, -0.15) is 0 Å². The second-order valence-corrected chi connectivity index (χ2v) is 8.76. The molecule has 0 spiro atoms. The number of hydrogen-bond donors (Lipinski definition) is 2. The average molecular weight is 423 g/mol. The molecular weight excluding hydrogens is 394 g/mol. The Kier molecular flexibility index (Phi) is 5.10. The van der Waals surface area contributed by atoms with Crippen LogP contribution >= 0.6 is 0 Å². The number of quaternary nitrogens is 1. The van der Waals surface area contributed by atoms with Gasteiger partial charge >= 0.3 is 0 Å². The van der Waals surface area contributed by atoms with Crippen molar-refractivity contribution in [3.8, 4) is 28.4 Å². The lowest BCUT2D eigenvalue weighted by atomic mass is 9.96. The summed E-state index contributed by atoms with van der Waals surface area (Å²) in [4.78, 5) is 14.8. The summed E-state index contributed by atoms with van der Waals surface area (Å²) in [6.45, 7) is 6.15. The van der Waals surface area contributed by atoms with Crippen LogP contribution in [0.2, 0.25) is 0 Å². The SMILES string of the molecule is C[C@H]1CCC[C@H](C)[NH+]1Cc1c(O)ccc2c(=O)c(-c3ccc4c(c3)OCCO4)coc12. The van der Waals surface area contributed by atoms with E-state index in [0.717, 1.165) is 5.56 Å². The van der Waals surface area contributed by atoms with E-state index >= 15 is 0 Å². The van der Waals surface area contributed by atoms with Crippen molar-refractivity contribution < 1.29 is 23.9 Å². The van der Waals surface area contributed by atoms with Gasteiger partial charge in [-0.25, -0.2) is 0 Å². The van der Waals surface area contributed by atoms with Gasteiger partial charge in [-0.15, -0.1) is 0 Å². The fourth-order valence-electron chi connectivity index (χ4n) is 4.97. The third-order valence-electron chi connectivity index (χ3n) is 6.79. The molecule has 0 saturated carbocycles. The molecule has 0 amide bonds. The normalized spacial score (nSPS) is 21.4. The van der Waals surface area contributed by atoms with Crippen LogP contribution in [0.25, 0.3) is 22.1 Å². The zero-order valence-corrected chi connectivity index (χ0v) is 17.9. The zero-order chi connectivity index (χ0) is 21.5. The second-order valence-electron chi connectivity index (χ2n) is 8.76. The number of nitrogens with one attached hydrogen (secondary N) is 1. The molecule has 2 N–H and O–H groups in total. The van der Waals surface area contributed by atoms with E-state index in [9.17, 15) is 9.90 Å². The van der Waals surface area contributed by atoms with Crippen LogP contribution in [-0.4, -0.2) is 30.4 Å². The lowest BCUT2D eigenvalue weighted by Crippen LogP contribution is -3.18. The van der Waals surface area contributed by atoms with Gasteiger partial charge in [0.15, 0.2) is 11.5 Å². The molecule has 0 unspecified atom stereocenters. The molecule has 2 aliphatic rings. The van der Waals surface area contributed by atoms with Gasteiger partial charge in [-0.05, 0) is 62.9 Å². The standard InChI is InChI=1S/C25H27NO5/c1-15-4-3-5-16(2)26(15)13-19-21(27)8-7-18-24(28)20(14-31-25(18)19)17-6-9-22-23(12-17)30-11-10-29-22/h6-9,12,14-16,27H,3-5,10-11,13H2,1-2H3/p+1/t15-,16-/m0/s1. The number of ether oxygens (including phenoxy) is 2. The number of aromatic hydroxyl groups is 1. The summed E-state index contributed by atoms with van der Waals surface area (Å²) in [6, 6.07) is 9.74. The van der Waals surface area contributed by atoms with E-state index in [1.165, 1.54) is 30.4 Å². The first-order valence-electron chi connectivity index (χ1n) is 11.0. The van der Waals surface area contributed by atoms with Crippen molar-refractivity contribution in [2.75, 3.05) is 13.2 Å². The number of phenolic OH excluding ortho intramolecular Hbond substituents is 1. The second kappa shape index (κ2) is 7.93. The molecule has 2 aliphatic heterocycles. The fourth-order valence-corrected chi connectivity index (χ4v) is 4.97. The van der Waals surface area contributed by atoms with Crippen molar-refractivity contribution in [2.24, 2.45) is 0 Å². The Morgan fingerprint density at radius 1 is 1.03 bits per heavy atom. The highest BCUT2D eigenvalue weighted by atomic mass is 16.6. The highest BCUT2D eigenvalue weighted by molar-refractivity contribution is 5.85. The Balaban J connectivity index is 1.57. The zero-order valence-electron chi connectivity index (χ0n) is 17.9. The molecule has 0 radical (unpaired) electrons. The number of rotatable bonds is 3. The third-order valence-corrected chi connectivity index (χ3v) is 6.79. The maximum absolute atomic E-state index is 13.4. The molecule has 6 heteroatoms. The van der Waals surface area contributed by atoms with E-state index in [1.54, 1.807) is 12.1 Å². The number of hydrogen-bond acceptors (Lipinski definition) is 5. The van der Waals surface area contributed by atoms with Crippen molar-refractivity contribution >= 4 is 11.0 Å². The summed E-state index contributed by atoms with van der Waals surface area (Å²) in [5.41, 5.74) is 2.25. The van der Waals surface area contributed by atoms with Crippen LogP contribution in [-0.2, 0) is 6.54 Å². The van der Waals surface area contributed by atoms with Gasteiger partial charge in [-0.1, -0.05) is 6.07 Å². The third kappa shape index (κ3) is 3.55. The summed E-state index contributed by atoms with van der Waals surface area (Å²) in [6.07, 6.45) is 5.07. The van der Waals surface area contributed by atoms with Crippen molar-refractivity contribution in [1.82, 2.24) is 0 Å². The Bertz CT molecular complexity index is 1170. The molecule has 1 fully saturated rings. The Morgan fingerprint density at radius 2 is 1.77 bits per heavy atom. The van der Waals surface area contributed by atoms with Crippen LogP contribution in [0.5, 0.6) is 17.2 Å². The predicted octanol–water partition coefficient (Wildman–Crippen LogP) is 3.28. The van der Waals surface area contributed by atoms with Crippen molar-refractivity contribution in [1.29, 1.82) is 0 Å². The largest absolute Gasteiger partial charge is 0.507 e. The summed E-state index contributed by atoms with van der Waals surface area (Å²) >= 11 is 0. The molecule has 3 heterocycles. The van der Waals surface area contributed by atoms with Gasteiger partial charge in [0.2, 0.25) is 5.43 Å². The molecule has 5 rings (SSSR count). The Morgan fingerprint density at radius 3 is 2.55 bits per heavy atom. The lowest BCUT2D eigenvalue weighted by molar-refractivity contribution is -0.964. The van der Waals surface area contributed by atoms with Crippen molar-refractivity contribution in [2.45, 2.75) is 51.7 Å². The molecule has 2 aromatic carbocycles. The van der Waals surface area contributed by atoms with E-state index < -0.39 is 0 Å². The lowest BCUT2D eigenvalue weighted by Gasteiger charge is -2.36. The predicted molar refractivity (Wildman–Crippen MR) is 118 cm³/mol. The van der Waals surface area contributed by atoms with Gasteiger partial charge in [0.25, 0.3) is 0 Å². The molecule has 1 saturated heterocycles. The van der Waals surface area contributed by atoms with Crippen LogP contribution < -0.4 is 19.8 Å². The van der Waals surface area contributed by atoms with Crippen LogP contribution in [0.1, 0.15) is 38.7 Å². The first-order valence-corrected chi connectivity index (χ1v) is 11.0. The van der Waals surface area contributed by atoms with E-state index in [1.807, 2.05) is 18.2 Å². The first-order chi connectivity index (χ1) is 15.0. The Hall–Kier alpha value is -2.99. The van der Waals surface area contributed by atoms with Gasteiger partial charge < -0.3 is 23.9 Å². The van der Waals surface area contributed by atoms with Crippen LogP contribution in [0.15, 0.2) is 45.8 Å². The fraction of sp³-hybridized carbons (Fsp3) is 0.400. The molecule has 6 nitrogen and oxygen atoms in total. The van der Waals surface area contributed by atoms with Gasteiger partial charge in [0.05, 0.1) is 28.6 Å². The maximum Gasteiger partial charge on any atom is 0.200 e. The number of fused-ring (bicyclic) bond motifs is 2. The van der Waals surface area contributed by atoms with Gasteiger partial charge in [0, 0.05) is 0 Å². The molecule has 1 aromatic heterocycles. The minimum absolute atomic E-state index is 0.117. The summed E-state index contributed by atoms with van der Waals surface area (Å²) in [5, 5.41) is 11.1. The summed E-state index contributed by atoms with van der Waals surface area (Å²) in [7, 11) is 0. The van der Waals surface area contributed by atoms with E-state index in [2.05, 4.69) is 13.8 Å². The van der Waals surface area contributed by atoms with Gasteiger partial charge in [-0.3, -0.25) is 4.79 Å². The van der Waals surface area contributed by atoms with E-state index in [4.69, 9.17) is 13.9 Å². The minimum atomic E-state index is -0.117. The molecular formula is C25H28NO5+. The first kappa shape index (κ1) is 19.9. The van der Waals surface area contributed by atoms with Crippen molar-refractivity contribution in [3.63, 3.8) is 0 Å². The van der Waals surface area contributed by atoms with Crippen LogP contribution in [0, 0.1) is 0 Å². The Labute approximate surface area is 181 Å².